The number of nitrogens with zero attached hydrogens (tertiary/aromatic N) is 1. The standard InChI is InChI=1S/C21H22N2O4/c1-4-16-9-8-10-17(13-16)23(14-20(24)22-3)21(25)15-27-19-12-7-6-11-18(19)26-5-2/h1,6-13H,5,14-15H2,2-3H3,(H,22,24). The van der Waals surface area contributed by atoms with Crippen LogP contribution < -0.4 is 19.7 Å². The number of hydrogen-bond acceptors (Lipinski definition) is 4. The van der Waals surface area contributed by atoms with Crippen molar-refractivity contribution >= 4 is 17.5 Å². The van der Waals surface area contributed by atoms with Crippen LogP contribution in [0.2, 0.25) is 0 Å². The Bertz CT molecular complexity index is 842. The molecule has 0 aliphatic heterocycles. The summed E-state index contributed by atoms with van der Waals surface area (Å²) in [5, 5.41) is 2.51. The molecule has 0 radical (unpaired) electrons. The van der Waals surface area contributed by atoms with E-state index in [2.05, 4.69) is 11.2 Å². The first kappa shape index (κ1) is 19.9. The normalized spacial score (nSPS) is 9.81. The Labute approximate surface area is 159 Å². The second-order valence-electron chi connectivity index (χ2n) is 5.52. The van der Waals surface area contributed by atoms with Crippen LogP contribution in [-0.4, -0.2) is 38.6 Å². The van der Waals surface area contributed by atoms with Gasteiger partial charge in [0.15, 0.2) is 18.1 Å². The number of ether oxygens (including phenoxy) is 2. The molecule has 0 aliphatic rings. The van der Waals surface area contributed by atoms with E-state index in [9.17, 15) is 9.59 Å². The van der Waals surface area contributed by atoms with Gasteiger partial charge in [0, 0.05) is 18.3 Å². The number of rotatable bonds is 8. The maximum Gasteiger partial charge on any atom is 0.265 e. The second kappa shape index (κ2) is 9.88. The lowest BCUT2D eigenvalue weighted by molar-refractivity contribution is -0.124. The quantitative estimate of drug-likeness (QED) is 0.728. The molecule has 140 valence electrons. The molecule has 0 heterocycles. The molecule has 0 atom stereocenters. The Kier molecular flexibility index (Phi) is 7.26. The van der Waals surface area contributed by atoms with E-state index < -0.39 is 0 Å². The molecular formula is C21H22N2O4. The van der Waals surface area contributed by atoms with Crippen LogP contribution in [0, 0.1) is 12.3 Å². The first-order valence-electron chi connectivity index (χ1n) is 8.51. The van der Waals surface area contributed by atoms with E-state index in [1.807, 2.05) is 13.0 Å². The fourth-order valence-corrected chi connectivity index (χ4v) is 2.37. The van der Waals surface area contributed by atoms with Crippen LogP contribution >= 0.6 is 0 Å². The summed E-state index contributed by atoms with van der Waals surface area (Å²) in [6, 6.07) is 14.0. The van der Waals surface area contributed by atoms with E-state index in [1.165, 1.54) is 11.9 Å². The number of anilines is 1. The zero-order chi connectivity index (χ0) is 19.6. The molecule has 2 amide bonds. The zero-order valence-corrected chi connectivity index (χ0v) is 15.4. The number of likely N-dealkylation sites (N-methyl/N-ethyl adjacent to an activating group) is 1. The lowest BCUT2D eigenvalue weighted by atomic mass is 10.2. The minimum atomic E-state index is -0.376. The summed E-state index contributed by atoms with van der Waals surface area (Å²) in [5.74, 6) is 2.86. The van der Waals surface area contributed by atoms with Crippen LogP contribution in [0.5, 0.6) is 11.5 Å². The van der Waals surface area contributed by atoms with Gasteiger partial charge >= 0.3 is 0 Å². The molecule has 0 bridgehead atoms. The summed E-state index contributed by atoms with van der Waals surface area (Å²) >= 11 is 0. The molecule has 0 aromatic heterocycles. The monoisotopic (exact) mass is 366 g/mol. The highest BCUT2D eigenvalue weighted by atomic mass is 16.5. The van der Waals surface area contributed by atoms with Crippen molar-refractivity contribution in [2.75, 3.05) is 31.7 Å². The summed E-state index contributed by atoms with van der Waals surface area (Å²) in [6.45, 7) is 1.96. The Morgan fingerprint density at radius 3 is 2.44 bits per heavy atom. The largest absolute Gasteiger partial charge is 0.490 e. The molecule has 2 aromatic carbocycles. The van der Waals surface area contributed by atoms with E-state index in [0.29, 0.717) is 29.4 Å². The summed E-state index contributed by atoms with van der Waals surface area (Å²) < 4.78 is 11.1. The number of hydrogen-bond donors (Lipinski definition) is 1. The molecule has 0 spiro atoms. The third-order valence-electron chi connectivity index (χ3n) is 3.71. The number of amides is 2. The van der Waals surface area contributed by atoms with Gasteiger partial charge in [-0.15, -0.1) is 6.42 Å². The maximum atomic E-state index is 12.8. The Morgan fingerprint density at radius 2 is 1.81 bits per heavy atom. The molecule has 0 saturated heterocycles. The highest BCUT2D eigenvalue weighted by molar-refractivity contribution is 5.99. The summed E-state index contributed by atoms with van der Waals surface area (Å²) in [4.78, 5) is 26.0. The SMILES string of the molecule is C#Cc1cccc(N(CC(=O)NC)C(=O)COc2ccccc2OCC)c1. The van der Waals surface area contributed by atoms with E-state index in [-0.39, 0.29) is 25.0 Å². The van der Waals surface area contributed by atoms with E-state index in [0.717, 1.165) is 0 Å². The first-order chi connectivity index (χ1) is 13.1. The molecule has 0 aliphatic carbocycles. The molecule has 2 aromatic rings. The highest BCUT2D eigenvalue weighted by Gasteiger charge is 2.20. The lowest BCUT2D eigenvalue weighted by Gasteiger charge is -2.22. The summed E-state index contributed by atoms with van der Waals surface area (Å²) in [5.41, 5.74) is 1.14. The molecule has 0 fully saturated rings. The number of para-hydroxylation sites is 2. The number of carbonyl (C=O) groups is 2. The predicted octanol–water partition coefficient (Wildman–Crippen LogP) is 2.22. The molecule has 6 heteroatoms. The van der Waals surface area contributed by atoms with Gasteiger partial charge in [-0.1, -0.05) is 24.1 Å². The van der Waals surface area contributed by atoms with Gasteiger partial charge in [-0.2, -0.15) is 0 Å². The average Bonchev–Trinajstić information content (AvgIpc) is 2.71. The van der Waals surface area contributed by atoms with Gasteiger partial charge in [0.25, 0.3) is 5.91 Å². The van der Waals surface area contributed by atoms with Gasteiger partial charge in [-0.05, 0) is 37.3 Å². The molecule has 0 saturated carbocycles. The van der Waals surface area contributed by atoms with Crippen LogP contribution in [0.1, 0.15) is 12.5 Å². The van der Waals surface area contributed by atoms with Gasteiger partial charge in [0.05, 0.1) is 6.61 Å². The lowest BCUT2D eigenvalue weighted by Crippen LogP contribution is -2.42. The van der Waals surface area contributed by atoms with Crippen molar-refractivity contribution in [3.05, 3.63) is 54.1 Å². The van der Waals surface area contributed by atoms with Crippen molar-refractivity contribution in [1.29, 1.82) is 0 Å². The van der Waals surface area contributed by atoms with Gasteiger partial charge in [-0.3, -0.25) is 9.59 Å². The van der Waals surface area contributed by atoms with Crippen LogP contribution in [0.4, 0.5) is 5.69 Å². The maximum absolute atomic E-state index is 12.8. The molecule has 6 nitrogen and oxygen atoms in total. The van der Waals surface area contributed by atoms with Crippen LogP contribution in [0.15, 0.2) is 48.5 Å². The second-order valence-corrected chi connectivity index (χ2v) is 5.52. The fraction of sp³-hybridized carbons (Fsp3) is 0.238. The minimum Gasteiger partial charge on any atom is -0.490 e. The Morgan fingerprint density at radius 1 is 1.11 bits per heavy atom. The molecule has 0 unspecified atom stereocenters. The predicted molar refractivity (Wildman–Crippen MR) is 104 cm³/mol. The van der Waals surface area contributed by atoms with Crippen molar-refractivity contribution in [1.82, 2.24) is 5.32 Å². The molecule has 2 rings (SSSR count). The van der Waals surface area contributed by atoms with Gasteiger partial charge < -0.3 is 19.7 Å². The number of nitrogens with one attached hydrogen (secondary N) is 1. The van der Waals surface area contributed by atoms with Crippen molar-refractivity contribution in [3.63, 3.8) is 0 Å². The zero-order valence-electron chi connectivity index (χ0n) is 15.4. The van der Waals surface area contributed by atoms with Gasteiger partial charge in [0.1, 0.15) is 6.54 Å². The molecule has 1 N–H and O–H groups in total. The van der Waals surface area contributed by atoms with Crippen molar-refractivity contribution in [2.45, 2.75) is 6.92 Å². The Balaban J connectivity index is 2.19. The van der Waals surface area contributed by atoms with E-state index in [4.69, 9.17) is 15.9 Å². The van der Waals surface area contributed by atoms with Crippen molar-refractivity contribution < 1.29 is 19.1 Å². The number of terminal acetylenes is 1. The summed E-state index contributed by atoms with van der Waals surface area (Å²) in [6.07, 6.45) is 5.43. The smallest absolute Gasteiger partial charge is 0.265 e. The first-order valence-corrected chi connectivity index (χ1v) is 8.51. The minimum absolute atomic E-state index is 0.139. The Hall–Kier alpha value is -3.46. The van der Waals surface area contributed by atoms with E-state index >= 15 is 0 Å². The van der Waals surface area contributed by atoms with Crippen LogP contribution in [-0.2, 0) is 9.59 Å². The number of carbonyl (C=O) groups excluding carboxylic acids is 2. The summed E-state index contributed by atoms with van der Waals surface area (Å²) in [7, 11) is 1.51. The van der Waals surface area contributed by atoms with Gasteiger partial charge in [0.2, 0.25) is 5.91 Å². The van der Waals surface area contributed by atoms with Crippen LogP contribution in [0.3, 0.4) is 0 Å². The molecular weight excluding hydrogens is 344 g/mol. The average molecular weight is 366 g/mol. The highest BCUT2D eigenvalue weighted by Crippen LogP contribution is 2.26. The third-order valence-corrected chi connectivity index (χ3v) is 3.71. The fourth-order valence-electron chi connectivity index (χ4n) is 2.37. The van der Waals surface area contributed by atoms with Gasteiger partial charge in [-0.25, -0.2) is 0 Å². The van der Waals surface area contributed by atoms with Crippen molar-refractivity contribution in [3.8, 4) is 23.8 Å². The molecule has 27 heavy (non-hydrogen) atoms. The third kappa shape index (κ3) is 5.51. The van der Waals surface area contributed by atoms with Crippen LogP contribution in [0.25, 0.3) is 0 Å². The van der Waals surface area contributed by atoms with Crippen molar-refractivity contribution in [2.24, 2.45) is 0 Å². The number of benzene rings is 2. The van der Waals surface area contributed by atoms with E-state index in [1.54, 1.807) is 42.5 Å². The topological polar surface area (TPSA) is 67.9 Å².